The molecule has 2 rings (SSSR count). The van der Waals surface area contributed by atoms with Crippen LogP contribution in [0.1, 0.15) is 0 Å². The Bertz CT molecular complexity index is 484. The van der Waals surface area contributed by atoms with Gasteiger partial charge < -0.3 is 5.73 Å². The number of hydrogen-bond donors (Lipinski definition) is 1. The lowest BCUT2D eigenvalue weighted by molar-refractivity contribution is 0.664. The number of nitrogen functional groups attached to an aromatic ring is 1. The number of tetrazole rings is 1. The highest BCUT2D eigenvalue weighted by molar-refractivity contribution is 7.99. The number of aromatic nitrogens is 4. The Morgan fingerprint density at radius 1 is 1.47 bits per heavy atom. The average Bonchev–Trinajstić information content (AvgIpc) is 2.57. The maximum atomic E-state index is 5.80. The minimum absolute atomic E-state index is 0.618. The summed E-state index contributed by atoms with van der Waals surface area (Å²) in [5, 5.41) is 12.4. The van der Waals surface area contributed by atoms with Crippen LogP contribution in [0, 0.1) is 0 Å². The molecule has 5 nitrogen and oxygen atoms in total. The zero-order valence-corrected chi connectivity index (χ0v) is 9.46. The highest BCUT2D eigenvalue weighted by Gasteiger charge is 2.07. The van der Waals surface area contributed by atoms with Crippen molar-refractivity contribution in [3.8, 4) is 0 Å². The summed E-state index contributed by atoms with van der Waals surface area (Å²) in [4.78, 5) is 0.886. The summed E-state index contributed by atoms with van der Waals surface area (Å²) >= 11 is 7.19. The van der Waals surface area contributed by atoms with E-state index in [1.54, 1.807) is 23.9 Å². The third kappa shape index (κ3) is 2.21. The van der Waals surface area contributed by atoms with E-state index in [9.17, 15) is 0 Å². The highest BCUT2D eigenvalue weighted by Crippen LogP contribution is 2.31. The molecule has 0 saturated heterocycles. The number of halogens is 1. The zero-order chi connectivity index (χ0) is 10.8. The summed E-state index contributed by atoms with van der Waals surface area (Å²) < 4.78 is 1.58. The molecular formula is C8H8ClN5S. The molecule has 0 atom stereocenters. The Morgan fingerprint density at radius 2 is 2.27 bits per heavy atom. The molecule has 0 spiro atoms. The van der Waals surface area contributed by atoms with Gasteiger partial charge in [-0.15, -0.1) is 5.10 Å². The normalized spacial score (nSPS) is 10.5. The fourth-order valence-corrected chi connectivity index (χ4v) is 1.95. The van der Waals surface area contributed by atoms with Crippen LogP contribution >= 0.6 is 23.4 Å². The molecule has 7 heteroatoms. The van der Waals surface area contributed by atoms with Gasteiger partial charge in [0.15, 0.2) is 0 Å². The fraction of sp³-hybridized carbons (Fsp3) is 0.125. The molecule has 1 heterocycles. The number of rotatable bonds is 2. The van der Waals surface area contributed by atoms with Crippen molar-refractivity contribution in [1.82, 2.24) is 20.2 Å². The van der Waals surface area contributed by atoms with Crippen LogP contribution < -0.4 is 5.73 Å². The van der Waals surface area contributed by atoms with Crippen molar-refractivity contribution in [2.45, 2.75) is 10.1 Å². The van der Waals surface area contributed by atoms with Gasteiger partial charge in [-0.3, -0.25) is 0 Å². The predicted molar refractivity (Wildman–Crippen MR) is 58.8 cm³/mol. The highest BCUT2D eigenvalue weighted by atomic mass is 35.5. The van der Waals surface area contributed by atoms with Gasteiger partial charge in [-0.05, 0) is 40.4 Å². The average molecular weight is 242 g/mol. The molecule has 15 heavy (non-hydrogen) atoms. The van der Waals surface area contributed by atoms with E-state index >= 15 is 0 Å². The van der Waals surface area contributed by atoms with Crippen molar-refractivity contribution in [3.05, 3.63) is 23.2 Å². The number of nitrogens with two attached hydrogens (primary N) is 1. The first-order chi connectivity index (χ1) is 7.16. The van der Waals surface area contributed by atoms with Crippen LogP contribution in [0.15, 0.2) is 28.3 Å². The molecule has 0 unspecified atom stereocenters. The largest absolute Gasteiger partial charge is 0.398 e. The number of aryl methyl sites for hydroxylation is 1. The van der Waals surface area contributed by atoms with Gasteiger partial charge in [0.05, 0.1) is 0 Å². The standard InChI is InChI=1S/C8H8ClN5S/c1-14-8(11-12-13-14)15-7-3-2-5(9)4-6(7)10/h2-4H,10H2,1H3. The monoisotopic (exact) mass is 241 g/mol. The number of benzene rings is 1. The van der Waals surface area contributed by atoms with Crippen LogP contribution in [-0.2, 0) is 7.05 Å². The van der Waals surface area contributed by atoms with Crippen LogP contribution in [0.3, 0.4) is 0 Å². The summed E-state index contributed by atoms with van der Waals surface area (Å²) in [6, 6.07) is 5.33. The van der Waals surface area contributed by atoms with Crippen LogP contribution in [0.5, 0.6) is 0 Å². The Hall–Kier alpha value is -1.27. The Balaban J connectivity index is 2.29. The van der Waals surface area contributed by atoms with Crippen LogP contribution in [0.2, 0.25) is 5.02 Å². The van der Waals surface area contributed by atoms with Gasteiger partial charge in [0, 0.05) is 22.7 Å². The van der Waals surface area contributed by atoms with E-state index in [-0.39, 0.29) is 0 Å². The maximum absolute atomic E-state index is 5.80. The minimum atomic E-state index is 0.618. The summed E-state index contributed by atoms with van der Waals surface area (Å²) in [6.07, 6.45) is 0. The van der Waals surface area contributed by atoms with E-state index in [2.05, 4.69) is 15.5 Å². The third-order valence-corrected chi connectivity index (χ3v) is 3.11. The lowest BCUT2D eigenvalue weighted by atomic mass is 10.3. The Labute approximate surface area is 95.6 Å². The summed E-state index contributed by atoms with van der Waals surface area (Å²) in [7, 11) is 1.77. The van der Waals surface area contributed by atoms with Gasteiger partial charge in [-0.2, -0.15) is 0 Å². The van der Waals surface area contributed by atoms with Crippen LogP contribution in [-0.4, -0.2) is 20.2 Å². The lowest BCUT2D eigenvalue weighted by Gasteiger charge is -2.03. The lowest BCUT2D eigenvalue weighted by Crippen LogP contribution is -1.94. The number of hydrogen-bond acceptors (Lipinski definition) is 5. The second kappa shape index (κ2) is 4.08. The quantitative estimate of drug-likeness (QED) is 0.809. The summed E-state index contributed by atoms with van der Waals surface area (Å²) in [5.41, 5.74) is 6.43. The second-order valence-corrected chi connectivity index (χ2v) is 4.31. The van der Waals surface area contributed by atoms with Crippen molar-refractivity contribution in [2.24, 2.45) is 7.05 Å². The van der Waals surface area contributed by atoms with E-state index in [0.717, 1.165) is 4.90 Å². The maximum Gasteiger partial charge on any atom is 0.213 e. The number of anilines is 1. The van der Waals surface area contributed by atoms with Gasteiger partial charge in [0.25, 0.3) is 0 Å². The molecule has 1 aromatic heterocycles. The molecule has 78 valence electrons. The first-order valence-corrected chi connectivity index (χ1v) is 5.31. The SMILES string of the molecule is Cn1nnnc1Sc1ccc(Cl)cc1N. The number of nitrogens with zero attached hydrogens (tertiary/aromatic N) is 4. The van der Waals surface area contributed by atoms with Gasteiger partial charge in [0.2, 0.25) is 5.16 Å². The molecule has 0 radical (unpaired) electrons. The van der Waals surface area contributed by atoms with Crippen LogP contribution in [0.4, 0.5) is 5.69 Å². The van der Waals surface area contributed by atoms with Crippen molar-refractivity contribution in [1.29, 1.82) is 0 Å². The van der Waals surface area contributed by atoms with Crippen molar-refractivity contribution in [2.75, 3.05) is 5.73 Å². The van der Waals surface area contributed by atoms with Gasteiger partial charge >= 0.3 is 0 Å². The van der Waals surface area contributed by atoms with Crippen LogP contribution in [0.25, 0.3) is 0 Å². The molecule has 0 aliphatic rings. The van der Waals surface area contributed by atoms with E-state index < -0.39 is 0 Å². The molecular weight excluding hydrogens is 234 g/mol. The zero-order valence-electron chi connectivity index (χ0n) is 7.88. The minimum Gasteiger partial charge on any atom is -0.398 e. The Morgan fingerprint density at radius 3 is 2.87 bits per heavy atom. The van der Waals surface area contributed by atoms with Crippen molar-refractivity contribution in [3.63, 3.8) is 0 Å². The van der Waals surface area contributed by atoms with E-state index in [1.165, 1.54) is 11.8 Å². The topological polar surface area (TPSA) is 69.6 Å². The fourth-order valence-electron chi connectivity index (χ4n) is 1.02. The van der Waals surface area contributed by atoms with Gasteiger partial charge in [-0.1, -0.05) is 11.6 Å². The van der Waals surface area contributed by atoms with Gasteiger partial charge in [-0.25, -0.2) is 4.68 Å². The Kier molecular flexibility index (Phi) is 2.79. The van der Waals surface area contributed by atoms with E-state index in [4.69, 9.17) is 17.3 Å². The first kappa shape index (κ1) is 10.3. The smallest absolute Gasteiger partial charge is 0.213 e. The van der Waals surface area contributed by atoms with E-state index in [0.29, 0.717) is 15.9 Å². The van der Waals surface area contributed by atoms with Crippen molar-refractivity contribution < 1.29 is 0 Å². The first-order valence-electron chi connectivity index (χ1n) is 4.12. The molecule has 2 aromatic rings. The summed E-state index contributed by atoms with van der Waals surface area (Å²) in [6.45, 7) is 0. The van der Waals surface area contributed by atoms with E-state index in [1.807, 2.05) is 6.07 Å². The molecule has 0 bridgehead atoms. The molecule has 2 N–H and O–H groups in total. The molecule has 1 aromatic carbocycles. The predicted octanol–water partition coefficient (Wildman–Crippen LogP) is 1.60. The molecule has 0 fully saturated rings. The summed E-state index contributed by atoms with van der Waals surface area (Å²) in [5.74, 6) is 0. The van der Waals surface area contributed by atoms with Gasteiger partial charge in [0.1, 0.15) is 0 Å². The molecule has 0 amide bonds. The molecule has 0 aliphatic heterocycles. The molecule has 0 saturated carbocycles. The second-order valence-electron chi connectivity index (χ2n) is 2.87. The third-order valence-electron chi connectivity index (χ3n) is 1.75. The van der Waals surface area contributed by atoms with Crippen molar-refractivity contribution >= 4 is 29.1 Å². The molecule has 0 aliphatic carbocycles.